The van der Waals surface area contributed by atoms with Crippen molar-refractivity contribution in [3.63, 3.8) is 0 Å². The first-order chi connectivity index (χ1) is 10.2. The average molecular weight is 296 g/mol. The summed E-state index contributed by atoms with van der Waals surface area (Å²) in [6, 6.07) is 13.8. The third-order valence-electron chi connectivity index (χ3n) is 2.87. The molecule has 0 aliphatic rings. The summed E-state index contributed by atoms with van der Waals surface area (Å²) in [4.78, 5) is 18.4. The molecular formula is C14H8N4O2S. The number of H-pyrrole nitrogens is 1. The lowest BCUT2D eigenvalue weighted by molar-refractivity contribution is -0.384. The van der Waals surface area contributed by atoms with E-state index in [9.17, 15) is 10.1 Å². The van der Waals surface area contributed by atoms with E-state index in [0.717, 1.165) is 11.0 Å². The Morgan fingerprint density at radius 1 is 1.29 bits per heavy atom. The molecule has 6 nitrogen and oxygen atoms in total. The first-order valence-electron chi connectivity index (χ1n) is 5.98. The Bertz CT molecular complexity index is 849. The number of nitro groups is 1. The van der Waals surface area contributed by atoms with Crippen LogP contribution in [0.3, 0.4) is 0 Å². The standard InChI is InChI=1S/C14H8N4O2S/c15-8-9-7-10(18(19)20)5-6-13(9)21-14-16-11-3-1-2-4-12(11)17-14/h1-7H,(H,16,17). The summed E-state index contributed by atoms with van der Waals surface area (Å²) in [6.07, 6.45) is 0. The van der Waals surface area contributed by atoms with Gasteiger partial charge in [0.1, 0.15) is 6.07 Å². The third-order valence-corrected chi connectivity index (χ3v) is 3.83. The fourth-order valence-electron chi connectivity index (χ4n) is 1.89. The van der Waals surface area contributed by atoms with Crippen LogP contribution in [-0.4, -0.2) is 14.9 Å². The minimum atomic E-state index is -0.517. The number of nitrogens with one attached hydrogen (secondary N) is 1. The summed E-state index contributed by atoms with van der Waals surface area (Å²) >= 11 is 1.27. The number of hydrogen-bond donors (Lipinski definition) is 1. The molecule has 3 rings (SSSR count). The molecule has 0 atom stereocenters. The maximum Gasteiger partial charge on any atom is 0.270 e. The highest BCUT2D eigenvalue weighted by Crippen LogP contribution is 2.31. The summed E-state index contributed by atoms with van der Waals surface area (Å²) < 4.78 is 0. The molecule has 1 N–H and O–H groups in total. The maximum atomic E-state index is 10.7. The van der Waals surface area contributed by atoms with Crippen LogP contribution in [0, 0.1) is 21.4 Å². The van der Waals surface area contributed by atoms with Gasteiger partial charge in [0.05, 0.1) is 21.5 Å². The molecule has 0 bridgehead atoms. The molecule has 0 saturated heterocycles. The Morgan fingerprint density at radius 3 is 2.81 bits per heavy atom. The van der Waals surface area contributed by atoms with E-state index in [1.54, 1.807) is 6.07 Å². The van der Waals surface area contributed by atoms with Crippen LogP contribution >= 0.6 is 11.8 Å². The molecule has 0 aliphatic heterocycles. The van der Waals surface area contributed by atoms with Crippen LogP contribution in [-0.2, 0) is 0 Å². The number of non-ortho nitro benzene ring substituents is 1. The fraction of sp³-hybridized carbons (Fsp3) is 0. The molecule has 2 aromatic carbocycles. The largest absolute Gasteiger partial charge is 0.333 e. The molecule has 0 amide bonds. The molecule has 0 unspecified atom stereocenters. The monoisotopic (exact) mass is 296 g/mol. The number of nitro benzene ring substituents is 1. The van der Waals surface area contributed by atoms with E-state index < -0.39 is 4.92 Å². The molecule has 0 fully saturated rings. The Hall–Kier alpha value is -2.85. The van der Waals surface area contributed by atoms with Crippen molar-refractivity contribution in [2.75, 3.05) is 0 Å². The smallest absolute Gasteiger partial charge is 0.270 e. The second-order valence-electron chi connectivity index (χ2n) is 4.21. The zero-order valence-electron chi connectivity index (χ0n) is 10.6. The molecular weight excluding hydrogens is 288 g/mol. The van der Waals surface area contributed by atoms with Gasteiger partial charge in [-0.1, -0.05) is 23.9 Å². The van der Waals surface area contributed by atoms with Crippen LogP contribution in [0.2, 0.25) is 0 Å². The number of aromatic nitrogens is 2. The van der Waals surface area contributed by atoms with Gasteiger partial charge >= 0.3 is 0 Å². The highest BCUT2D eigenvalue weighted by molar-refractivity contribution is 7.99. The van der Waals surface area contributed by atoms with Crippen LogP contribution in [0.4, 0.5) is 5.69 Å². The normalized spacial score (nSPS) is 10.4. The van der Waals surface area contributed by atoms with E-state index in [-0.39, 0.29) is 11.3 Å². The first-order valence-corrected chi connectivity index (χ1v) is 6.80. The maximum absolute atomic E-state index is 10.7. The molecule has 0 spiro atoms. The van der Waals surface area contributed by atoms with Crippen molar-refractivity contribution in [2.24, 2.45) is 0 Å². The summed E-state index contributed by atoms with van der Waals surface area (Å²) in [5, 5.41) is 20.5. The number of nitriles is 1. The SMILES string of the molecule is N#Cc1cc([N+](=O)[O-])ccc1Sc1nc2ccccc2[nH]1. The second kappa shape index (κ2) is 5.26. The quantitative estimate of drug-likeness (QED) is 0.589. The Kier molecular flexibility index (Phi) is 3.30. The molecule has 21 heavy (non-hydrogen) atoms. The molecule has 0 radical (unpaired) electrons. The highest BCUT2D eigenvalue weighted by Gasteiger charge is 2.13. The van der Waals surface area contributed by atoms with Gasteiger partial charge in [-0.2, -0.15) is 5.26 Å². The van der Waals surface area contributed by atoms with E-state index in [1.165, 1.54) is 23.9 Å². The highest BCUT2D eigenvalue weighted by atomic mass is 32.2. The van der Waals surface area contributed by atoms with Crippen LogP contribution in [0.15, 0.2) is 52.5 Å². The zero-order chi connectivity index (χ0) is 14.8. The van der Waals surface area contributed by atoms with E-state index >= 15 is 0 Å². The van der Waals surface area contributed by atoms with Gasteiger partial charge in [0.2, 0.25) is 0 Å². The van der Waals surface area contributed by atoms with Gasteiger partial charge in [0, 0.05) is 17.0 Å². The van der Waals surface area contributed by atoms with Gasteiger partial charge < -0.3 is 4.98 Å². The van der Waals surface area contributed by atoms with E-state index in [1.807, 2.05) is 30.3 Å². The summed E-state index contributed by atoms with van der Waals surface area (Å²) in [6.45, 7) is 0. The number of aromatic amines is 1. The molecule has 0 aliphatic carbocycles. The van der Waals surface area contributed by atoms with Gasteiger partial charge in [-0.3, -0.25) is 10.1 Å². The van der Waals surface area contributed by atoms with E-state index in [4.69, 9.17) is 5.26 Å². The Labute approximate surface area is 123 Å². The average Bonchev–Trinajstić information content (AvgIpc) is 2.89. The van der Waals surface area contributed by atoms with Gasteiger partial charge in [-0.05, 0) is 18.2 Å². The first kappa shape index (κ1) is 13.1. The van der Waals surface area contributed by atoms with Crippen molar-refractivity contribution in [3.05, 3.63) is 58.1 Å². The molecule has 3 aromatic rings. The topological polar surface area (TPSA) is 95.6 Å². The number of nitrogens with zero attached hydrogens (tertiary/aromatic N) is 3. The van der Waals surface area contributed by atoms with Gasteiger partial charge in [0.15, 0.2) is 5.16 Å². The number of benzene rings is 2. The van der Waals surface area contributed by atoms with Crippen LogP contribution in [0.25, 0.3) is 11.0 Å². The van der Waals surface area contributed by atoms with Crippen molar-refractivity contribution < 1.29 is 4.92 Å². The minimum absolute atomic E-state index is 0.0968. The van der Waals surface area contributed by atoms with Gasteiger partial charge in [0.25, 0.3) is 5.69 Å². The number of hydrogen-bond acceptors (Lipinski definition) is 5. The molecule has 102 valence electrons. The zero-order valence-corrected chi connectivity index (χ0v) is 11.4. The lowest BCUT2D eigenvalue weighted by Crippen LogP contribution is -1.90. The fourth-order valence-corrected chi connectivity index (χ4v) is 2.75. The van der Waals surface area contributed by atoms with Crippen molar-refractivity contribution in [2.45, 2.75) is 10.1 Å². The summed E-state index contributed by atoms with van der Waals surface area (Å²) in [7, 11) is 0. The van der Waals surface area contributed by atoms with Crippen molar-refractivity contribution >= 4 is 28.5 Å². The van der Waals surface area contributed by atoms with Crippen LogP contribution in [0.5, 0.6) is 0 Å². The van der Waals surface area contributed by atoms with Crippen LogP contribution < -0.4 is 0 Å². The number of imidazole rings is 1. The predicted molar refractivity (Wildman–Crippen MR) is 78.0 cm³/mol. The lowest BCUT2D eigenvalue weighted by Gasteiger charge is -2.00. The van der Waals surface area contributed by atoms with Gasteiger partial charge in [-0.15, -0.1) is 0 Å². The Morgan fingerprint density at radius 2 is 2.10 bits per heavy atom. The van der Waals surface area contributed by atoms with Crippen LogP contribution in [0.1, 0.15) is 5.56 Å². The molecule has 7 heteroatoms. The number of rotatable bonds is 3. The molecule has 1 heterocycles. The molecule has 0 saturated carbocycles. The number of fused-ring (bicyclic) bond motifs is 1. The van der Waals surface area contributed by atoms with Gasteiger partial charge in [-0.25, -0.2) is 4.98 Å². The van der Waals surface area contributed by atoms with E-state index in [2.05, 4.69) is 9.97 Å². The Balaban J connectivity index is 1.97. The van der Waals surface area contributed by atoms with Crippen molar-refractivity contribution in [1.29, 1.82) is 5.26 Å². The summed E-state index contributed by atoms with van der Waals surface area (Å²) in [5.41, 5.74) is 1.90. The number of para-hydroxylation sites is 2. The van der Waals surface area contributed by atoms with Crippen molar-refractivity contribution in [3.8, 4) is 6.07 Å². The molecule has 1 aromatic heterocycles. The third kappa shape index (κ3) is 2.57. The minimum Gasteiger partial charge on any atom is -0.333 e. The predicted octanol–water partition coefficient (Wildman–Crippen LogP) is 3.49. The lowest BCUT2D eigenvalue weighted by atomic mass is 10.2. The summed E-state index contributed by atoms with van der Waals surface area (Å²) in [5.74, 6) is 0. The van der Waals surface area contributed by atoms with E-state index in [0.29, 0.717) is 10.1 Å². The second-order valence-corrected chi connectivity index (χ2v) is 5.24. The van der Waals surface area contributed by atoms with Crippen molar-refractivity contribution in [1.82, 2.24) is 9.97 Å².